The minimum Gasteiger partial charge on any atom is -0.335 e. The van der Waals surface area contributed by atoms with Gasteiger partial charge in [0.05, 0.1) is 6.54 Å². The van der Waals surface area contributed by atoms with Gasteiger partial charge in [0.1, 0.15) is 0 Å². The van der Waals surface area contributed by atoms with Crippen LogP contribution < -0.4 is 0 Å². The van der Waals surface area contributed by atoms with Gasteiger partial charge in [-0.15, -0.1) is 11.3 Å². The molecule has 2 heterocycles. The lowest BCUT2D eigenvalue weighted by Gasteiger charge is -2.25. The minimum atomic E-state index is 0.112. The number of aryl methyl sites for hydroxylation is 1. The fraction of sp³-hybridized carbons (Fsp3) is 0.500. The average Bonchev–Trinajstić information content (AvgIpc) is 2.78. The molecule has 1 aliphatic heterocycles. The van der Waals surface area contributed by atoms with Crippen molar-refractivity contribution in [2.45, 2.75) is 25.7 Å². The van der Waals surface area contributed by atoms with E-state index in [-0.39, 0.29) is 11.7 Å². The highest BCUT2D eigenvalue weighted by atomic mass is 32.1. The predicted octanol–water partition coefficient (Wildman–Crippen LogP) is 1.87. The number of amides is 1. The maximum atomic E-state index is 11.8. The summed E-state index contributed by atoms with van der Waals surface area (Å²) in [6.07, 6.45) is 2.77. The Labute approximate surface area is 99.1 Å². The van der Waals surface area contributed by atoms with Crippen LogP contribution in [0.2, 0.25) is 0 Å². The van der Waals surface area contributed by atoms with E-state index in [1.165, 1.54) is 4.88 Å². The number of nitrogens with zero attached hydrogens (tertiary/aromatic N) is 1. The van der Waals surface area contributed by atoms with Crippen LogP contribution in [0.25, 0.3) is 0 Å². The standard InChI is InChI=1S/C12H15NO2S/c14-10-3-1-7-13(9-10)12(15)6-5-11-4-2-8-16-11/h2,4,8H,1,3,5-7,9H2. The summed E-state index contributed by atoms with van der Waals surface area (Å²) in [5, 5.41) is 2.02. The van der Waals surface area contributed by atoms with Gasteiger partial charge in [0.2, 0.25) is 5.91 Å². The van der Waals surface area contributed by atoms with Gasteiger partial charge in [-0.25, -0.2) is 0 Å². The first-order chi connectivity index (χ1) is 7.75. The highest BCUT2D eigenvalue weighted by Crippen LogP contribution is 2.13. The van der Waals surface area contributed by atoms with Crippen LogP contribution in [-0.4, -0.2) is 29.7 Å². The summed E-state index contributed by atoms with van der Waals surface area (Å²) in [4.78, 5) is 26.0. The summed E-state index contributed by atoms with van der Waals surface area (Å²) in [6.45, 7) is 1.07. The number of thiophene rings is 1. The number of carbonyl (C=O) groups is 2. The van der Waals surface area contributed by atoms with E-state index in [4.69, 9.17) is 0 Å². The van der Waals surface area contributed by atoms with Crippen LogP contribution in [0.15, 0.2) is 17.5 Å². The molecule has 0 atom stereocenters. The molecule has 0 saturated carbocycles. The second-order valence-electron chi connectivity index (χ2n) is 4.04. The normalized spacial score (nSPS) is 16.5. The van der Waals surface area contributed by atoms with Gasteiger partial charge in [-0.3, -0.25) is 9.59 Å². The molecule has 3 nitrogen and oxygen atoms in total. The van der Waals surface area contributed by atoms with E-state index in [2.05, 4.69) is 0 Å². The van der Waals surface area contributed by atoms with Crippen LogP contribution in [0.4, 0.5) is 0 Å². The molecule has 0 N–H and O–H groups in total. The van der Waals surface area contributed by atoms with Gasteiger partial charge in [0.15, 0.2) is 5.78 Å². The molecule has 0 aliphatic carbocycles. The highest BCUT2D eigenvalue weighted by molar-refractivity contribution is 7.09. The van der Waals surface area contributed by atoms with Crippen molar-refractivity contribution >= 4 is 23.0 Å². The molecule has 1 saturated heterocycles. The lowest BCUT2D eigenvalue weighted by molar-refractivity contribution is -0.137. The molecule has 0 unspecified atom stereocenters. The monoisotopic (exact) mass is 237 g/mol. The van der Waals surface area contributed by atoms with Crippen LogP contribution in [0, 0.1) is 0 Å². The zero-order valence-electron chi connectivity index (χ0n) is 9.15. The largest absolute Gasteiger partial charge is 0.335 e. The molecule has 4 heteroatoms. The molecular weight excluding hydrogens is 222 g/mol. The SMILES string of the molecule is O=C1CCCN(C(=O)CCc2cccs2)C1. The van der Waals surface area contributed by atoms with Crippen LogP contribution in [0.5, 0.6) is 0 Å². The fourth-order valence-electron chi connectivity index (χ4n) is 1.89. The topological polar surface area (TPSA) is 37.4 Å². The molecule has 0 spiro atoms. The molecule has 1 aromatic rings. The van der Waals surface area contributed by atoms with Crippen molar-refractivity contribution in [3.05, 3.63) is 22.4 Å². The van der Waals surface area contributed by atoms with Crippen molar-refractivity contribution in [3.63, 3.8) is 0 Å². The average molecular weight is 237 g/mol. The van der Waals surface area contributed by atoms with Gasteiger partial charge in [-0.05, 0) is 24.3 Å². The zero-order chi connectivity index (χ0) is 11.4. The Morgan fingerprint density at radius 2 is 2.38 bits per heavy atom. The van der Waals surface area contributed by atoms with Crippen LogP contribution >= 0.6 is 11.3 Å². The summed E-state index contributed by atoms with van der Waals surface area (Å²) < 4.78 is 0. The third-order valence-electron chi connectivity index (χ3n) is 2.77. The van der Waals surface area contributed by atoms with Crippen molar-refractivity contribution in [1.29, 1.82) is 0 Å². The number of Topliss-reactive ketones (excluding diaryl/α,β-unsaturated/α-hetero) is 1. The van der Waals surface area contributed by atoms with Crippen LogP contribution in [-0.2, 0) is 16.0 Å². The van der Waals surface area contributed by atoms with Gasteiger partial charge >= 0.3 is 0 Å². The Morgan fingerprint density at radius 3 is 3.06 bits per heavy atom. The van der Waals surface area contributed by atoms with Crippen LogP contribution in [0.3, 0.4) is 0 Å². The van der Waals surface area contributed by atoms with E-state index in [1.54, 1.807) is 16.2 Å². The fourth-order valence-corrected chi connectivity index (χ4v) is 2.60. The van der Waals surface area contributed by atoms with Crippen molar-refractivity contribution < 1.29 is 9.59 Å². The molecule has 16 heavy (non-hydrogen) atoms. The van der Waals surface area contributed by atoms with Gasteiger partial charge < -0.3 is 4.90 Å². The van der Waals surface area contributed by atoms with E-state index in [0.29, 0.717) is 19.4 Å². The number of hydrogen-bond donors (Lipinski definition) is 0. The lowest BCUT2D eigenvalue weighted by atomic mass is 10.1. The number of carbonyl (C=O) groups excluding carboxylic acids is 2. The summed E-state index contributed by atoms with van der Waals surface area (Å²) in [7, 11) is 0. The van der Waals surface area contributed by atoms with Crippen molar-refractivity contribution in [2.24, 2.45) is 0 Å². The first-order valence-electron chi connectivity index (χ1n) is 5.57. The van der Waals surface area contributed by atoms with Crippen molar-refractivity contribution in [2.75, 3.05) is 13.1 Å². The van der Waals surface area contributed by atoms with E-state index in [0.717, 1.165) is 19.4 Å². The molecule has 1 aliphatic rings. The van der Waals surface area contributed by atoms with E-state index in [9.17, 15) is 9.59 Å². The third kappa shape index (κ3) is 2.92. The quantitative estimate of drug-likeness (QED) is 0.805. The smallest absolute Gasteiger partial charge is 0.223 e. The van der Waals surface area contributed by atoms with Crippen LogP contribution in [0.1, 0.15) is 24.1 Å². The van der Waals surface area contributed by atoms with E-state index in [1.807, 2.05) is 17.5 Å². The Balaban J connectivity index is 1.81. The summed E-state index contributed by atoms with van der Waals surface area (Å²) in [5.41, 5.74) is 0. The maximum absolute atomic E-state index is 11.8. The summed E-state index contributed by atoms with van der Waals surface area (Å²) in [5.74, 6) is 0.303. The Morgan fingerprint density at radius 1 is 1.50 bits per heavy atom. The van der Waals surface area contributed by atoms with Gasteiger partial charge in [0.25, 0.3) is 0 Å². The zero-order valence-corrected chi connectivity index (χ0v) is 9.96. The molecule has 0 bridgehead atoms. The number of likely N-dealkylation sites (tertiary alicyclic amines) is 1. The van der Waals surface area contributed by atoms with Crippen molar-refractivity contribution in [1.82, 2.24) is 4.90 Å². The second kappa shape index (κ2) is 5.25. The number of rotatable bonds is 3. The van der Waals surface area contributed by atoms with E-state index >= 15 is 0 Å². The molecule has 0 aromatic carbocycles. The molecular formula is C12H15NO2S. The highest BCUT2D eigenvalue weighted by Gasteiger charge is 2.20. The molecule has 1 aromatic heterocycles. The molecule has 0 radical (unpaired) electrons. The predicted molar refractivity (Wildman–Crippen MR) is 63.5 cm³/mol. The third-order valence-corrected chi connectivity index (χ3v) is 3.71. The summed E-state index contributed by atoms with van der Waals surface area (Å²) in [6, 6.07) is 4.04. The molecule has 1 fully saturated rings. The Hall–Kier alpha value is -1.16. The number of ketones is 1. The molecule has 1 amide bonds. The molecule has 86 valence electrons. The number of piperidine rings is 1. The molecule has 2 rings (SSSR count). The van der Waals surface area contributed by atoms with Gasteiger partial charge in [0, 0.05) is 24.3 Å². The lowest BCUT2D eigenvalue weighted by Crippen LogP contribution is -2.40. The van der Waals surface area contributed by atoms with Crippen molar-refractivity contribution in [3.8, 4) is 0 Å². The number of hydrogen-bond acceptors (Lipinski definition) is 3. The van der Waals surface area contributed by atoms with Gasteiger partial charge in [-0.2, -0.15) is 0 Å². The minimum absolute atomic E-state index is 0.112. The maximum Gasteiger partial charge on any atom is 0.223 e. The Kier molecular flexibility index (Phi) is 3.72. The first kappa shape index (κ1) is 11.3. The van der Waals surface area contributed by atoms with E-state index < -0.39 is 0 Å². The van der Waals surface area contributed by atoms with Gasteiger partial charge in [-0.1, -0.05) is 6.07 Å². The first-order valence-corrected chi connectivity index (χ1v) is 6.45. The summed E-state index contributed by atoms with van der Waals surface area (Å²) >= 11 is 1.67. The Bertz CT molecular complexity index is 372. The second-order valence-corrected chi connectivity index (χ2v) is 5.07.